The molecule has 34 heavy (non-hydrogen) atoms. The zero-order chi connectivity index (χ0) is 23.3. The van der Waals surface area contributed by atoms with Gasteiger partial charge in [0.05, 0.1) is 16.9 Å². The molecule has 5 rings (SSSR count). The summed E-state index contributed by atoms with van der Waals surface area (Å²) < 4.78 is 0. The SMILES string of the molecule is O=C(CSCc1nc2sc3c(c2c(=O)[nH]1)CCC3)NCc1cccc(CN2CCCCCC2)c1. The molecule has 1 fully saturated rings. The summed E-state index contributed by atoms with van der Waals surface area (Å²) in [6.07, 6.45) is 8.44. The number of aromatic nitrogens is 2. The monoisotopic (exact) mass is 496 g/mol. The van der Waals surface area contributed by atoms with Gasteiger partial charge in [-0.1, -0.05) is 37.1 Å². The average Bonchev–Trinajstić information content (AvgIpc) is 3.31. The van der Waals surface area contributed by atoms with Crippen LogP contribution in [0, 0.1) is 0 Å². The second-order valence-corrected chi connectivity index (χ2v) is 11.4. The first-order chi connectivity index (χ1) is 16.7. The van der Waals surface area contributed by atoms with Crippen molar-refractivity contribution >= 4 is 39.2 Å². The molecule has 0 unspecified atom stereocenters. The number of benzene rings is 1. The number of carbonyl (C=O) groups excluding carboxylic acids is 1. The second kappa shape index (κ2) is 11.1. The first kappa shape index (κ1) is 23.6. The molecule has 180 valence electrons. The van der Waals surface area contributed by atoms with E-state index in [1.807, 2.05) is 0 Å². The fourth-order valence-electron chi connectivity index (χ4n) is 5.00. The van der Waals surface area contributed by atoms with E-state index < -0.39 is 0 Å². The normalized spacial score (nSPS) is 16.5. The van der Waals surface area contributed by atoms with Crippen LogP contribution in [0.3, 0.4) is 0 Å². The fourth-order valence-corrected chi connectivity index (χ4v) is 7.00. The summed E-state index contributed by atoms with van der Waals surface area (Å²) in [5.74, 6) is 1.51. The number of rotatable bonds is 8. The molecule has 6 nitrogen and oxygen atoms in total. The first-order valence-corrected chi connectivity index (χ1v) is 14.3. The summed E-state index contributed by atoms with van der Waals surface area (Å²) in [4.78, 5) is 37.2. The summed E-state index contributed by atoms with van der Waals surface area (Å²) in [6, 6.07) is 8.54. The summed E-state index contributed by atoms with van der Waals surface area (Å²) in [7, 11) is 0. The zero-order valence-corrected chi connectivity index (χ0v) is 21.2. The number of carbonyl (C=O) groups is 1. The molecule has 0 atom stereocenters. The maximum absolute atomic E-state index is 12.6. The van der Waals surface area contributed by atoms with Crippen molar-refractivity contribution in [2.45, 2.75) is 63.8 Å². The van der Waals surface area contributed by atoms with Gasteiger partial charge in [-0.3, -0.25) is 14.5 Å². The Morgan fingerprint density at radius 1 is 1.12 bits per heavy atom. The third-order valence-corrected chi connectivity index (χ3v) is 8.81. The molecule has 1 aromatic carbocycles. The van der Waals surface area contributed by atoms with E-state index in [4.69, 9.17) is 0 Å². The van der Waals surface area contributed by atoms with E-state index in [-0.39, 0.29) is 11.5 Å². The number of thioether (sulfide) groups is 1. The maximum Gasteiger partial charge on any atom is 0.259 e. The van der Waals surface area contributed by atoms with Gasteiger partial charge in [0.2, 0.25) is 5.91 Å². The van der Waals surface area contributed by atoms with Crippen molar-refractivity contribution in [2.75, 3.05) is 18.8 Å². The fraction of sp³-hybridized carbons (Fsp3) is 0.500. The Labute approximate surface area is 208 Å². The van der Waals surface area contributed by atoms with Gasteiger partial charge in [0.1, 0.15) is 10.7 Å². The van der Waals surface area contributed by atoms with Gasteiger partial charge in [-0.2, -0.15) is 0 Å². The molecule has 0 saturated carbocycles. The summed E-state index contributed by atoms with van der Waals surface area (Å²) in [5.41, 5.74) is 3.60. The van der Waals surface area contributed by atoms with E-state index in [1.165, 1.54) is 66.5 Å². The summed E-state index contributed by atoms with van der Waals surface area (Å²) >= 11 is 3.13. The Bertz CT molecular complexity index is 1210. The van der Waals surface area contributed by atoms with Gasteiger partial charge in [-0.25, -0.2) is 4.98 Å². The number of hydrogen-bond acceptors (Lipinski definition) is 6. The van der Waals surface area contributed by atoms with E-state index in [2.05, 4.69) is 44.5 Å². The van der Waals surface area contributed by atoms with Gasteiger partial charge >= 0.3 is 0 Å². The van der Waals surface area contributed by atoms with E-state index in [0.717, 1.165) is 41.6 Å². The van der Waals surface area contributed by atoms with Gasteiger partial charge in [0.25, 0.3) is 5.56 Å². The highest BCUT2D eigenvalue weighted by Crippen LogP contribution is 2.34. The van der Waals surface area contributed by atoms with Crippen molar-refractivity contribution < 1.29 is 4.79 Å². The average molecular weight is 497 g/mol. The van der Waals surface area contributed by atoms with Gasteiger partial charge in [0.15, 0.2) is 0 Å². The van der Waals surface area contributed by atoms with Gasteiger partial charge in [0, 0.05) is 18.0 Å². The third-order valence-electron chi connectivity index (χ3n) is 6.68. The minimum atomic E-state index is -0.0375. The number of aryl methyl sites for hydroxylation is 2. The lowest BCUT2D eigenvalue weighted by Crippen LogP contribution is -2.25. The Morgan fingerprint density at radius 2 is 1.94 bits per heavy atom. The van der Waals surface area contributed by atoms with E-state index in [0.29, 0.717) is 23.9 Å². The maximum atomic E-state index is 12.6. The van der Waals surface area contributed by atoms with E-state index >= 15 is 0 Å². The standard InChI is InChI=1S/C26H32N4O2S2/c31-23(27-14-18-7-5-8-19(13-18)15-30-11-3-1-2-4-12-30)17-33-16-22-28-25(32)24-20-9-6-10-21(20)34-26(24)29-22/h5,7-8,13H,1-4,6,9-12,14-17H2,(H,27,31)(H,28,29,32). The molecule has 1 aliphatic heterocycles. The van der Waals surface area contributed by atoms with Crippen molar-refractivity contribution in [3.8, 4) is 0 Å². The van der Waals surface area contributed by atoms with E-state index in [1.54, 1.807) is 11.3 Å². The molecule has 3 aromatic rings. The van der Waals surface area contributed by atoms with Crippen molar-refractivity contribution in [1.29, 1.82) is 0 Å². The first-order valence-electron chi connectivity index (χ1n) is 12.3. The molecular weight excluding hydrogens is 464 g/mol. The molecule has 2 N–H and O–H groups in total. The van der Waals surface area contributed by atoms with Crippen LogP contribution >= 0.6 is 23.1 Å². The number of amides is 1. The number of hydrogen-bond donors (Lipinski definition) is 2. The summed E-state index contributed by atoms with van der Waals surface area (Å²) in [5, 5.41) is 3.81. The van der Waals surface area contributed by atoms with Crippen LogP contribution in [0.1, 0.15) is 59.5 Å². The van der Waals surface area contributed by atoms with Crippen LogP contribution < -0.4 is 10.9 Å². The highest BCUT2D eigenvalue weighted by atomic mass is 32.2. The second-order valence-electron chi connectivity index (χ2n) is 9.33. The predicted octanol–water partition coefficient (Wildman–Crippen LogP) is 4.40. The molecule has 1 aliphatic carbocycles. The number of thiophene rings is 1. The predicted molar refractivity (Wildman–Crippen MR) is 140 cm³/mol. The smallest absolute Gasteiger partial charge is 0.259 e. The molecule has 0 spiro atoms. The number of H-pyrrole nitrogens is 1. The van der Waals surface area contributed by atoms with Crippen molar-refractivity contribution in [3.63, 3.8) is 0 Å². The number of aromatic amines is 1. The van der Waals surface area contributed by atoms with Crippen molar-refractivity contribution in [3.05, 3.63) is 62.0 Å². The Hall–Kier alpha value is -2.16. The van der Waals surface area contributed by atoms with Crippen LogP contribution in [0.15, 0.2) is 29.1 Å². The van der Waals surface area contributed by atoms with Crippen LogP contribution in [0.2, 0.25) is 0 Å². The summed E-state index contributed by atoms with van der Waals surface area (Å²) in [6.45, 7) is 3.88. The highest BCUT2D eigenvalue weighted by molar-refractivity contribution is 7.99. The zero-order valence-electron chi connectivity index (χ0n) is 19.5. The number of likely N-dealkylation sites (tertiary alicyclic amines) is 1. The molecule has 0 bridgehead atoms. The third kappa shape index (κ3) is 5.73. The highest BCUT2D eigenvalue weighted by Gasteiger charge is 2.21. The molecule has 2 aromatic heterocycles. The lowest BCUT2D eigenvalue weighted by atomic mass is 10.1. The van der Waals surface area contributed by atoms with Gasteiger partial charge in [-0.15, -0.1) is 23.1 Å². The quantitative estimate of drug-likeness (QED) is 0.483. The van der Waals surface area contributed by atoms with Crippen LogP contribution in [0.25, 0.3) is 10.2 Å². The van der Waals surface area contributed by atoms with Crippen LogP contribution in [-0.4, -0.2) is 39.6 Å². The Morgan fingerprint density at radius 3 is 2.79 bits per heavy atom. The molecule has 8 heteroatoms. The van der Waals surface area contributed by atoms with Crippen molar-refractivity contribution in [2.24, 2.45) is 0 Å². The van der Waals surface area contributed by atoms with Crippen molar-refractivity contribution in [1.82, 2.24) is 20.2 Å². The van der Waals surface area contributed by atoms with Crippen LogP contribution in [0.5, 0.6) is 0 Å². The lowest BCUT2D eigenvalue weighted by molar-refractivity contribution is -0.118. The number of nitrogens with zero attached hydrogens (tertiary/aromatic N) is 2. The minimum absolute atomic E-state index is 0.00134. The number of fused-ring (bicyclic) bond motifs is 3. The molecule has 3 heterocycles. The lowest BCUT2D eigenvalue weighted by Gasteiger charge is -2.20. The molecular formula is C26H32N4O2S2. The minimum Gasteiger partial charge on any atom is -0.351 e. The van der Waals surface area contributed by atoms with E-state index in [9.17, 15) is 9.59 Å². The largest absolute Gasteiger partial charge is 0.351 e. The number of nitrogens with one attached hydrogen (secondary N) is 2. The van der Waals surface area contributed by atoms with Gasteiger partial charge < -0.3 is 10.3 Å². The molecule has 0 radical (unpaired) electrons. The topological polar surface area (TPSA) is 78.1 Å². The molecule has 2 aliphatic rings. The van der Waals surface area contributed by atoms with Crippen LogP contribution in [-0.2, 0) is 36.5 Å². The molecule has 1 amide bonds. The van der Waals surface area contributed by atoms with Gasteiger partial charge in [-0.05, 0) is 61.9 Å². The Kier molecular flexibility index (Phi) is 7.67. The Balaban J connectivity index is 1.09. The van der Waals surface area contributed by atoms with Crippen LogP contribution in [0.4, 0.5) is 0 Å². The molecule has 1 saturated heterocycles.